The van der Waals surface area contributed by atoms with Crippen molar-refractivity contribution in [2.45, 2.75) is 25.8 Å². The zero-order valence-electron chi connectivity index (χ0n) is 13.1. The van der Waals surface area contributed by atoms with Crippen LogP contribution in [0.25, 0.3) is 0 Å². The lowest BCUT2D eigenvalue weighted by Crippen LogP contribution is -2.47. The minimum absolute atomic E-state index is 0.00915. The summed E-state index contributed by atoms with van der Waals surface area (Å²) < 4.78 is 13.1. The van der Waals surface area contributed by atoms with Crippen LogP contribution >= 0.6 is 0 Å². The number of halogens is 1. The van der Waals surface area contributed by atoms with Gasteiger partial charge < -0.3 is 10.4 Å². The molecular weight excluding hydrogens is 297 g/mol. The van der Waals surface area contributed by atoms with Gasteiger partial charge in [-0.05, 0) is 49.8 Å². The first-order valence-corrected chi connectivity index (χ1v) is 7.79. The molecular formula is C18H20FNO3. The quantitative estimate of drug-likeness (QED) is 0.839. The van der Waals surface area contributed by atoms with Crippen LogP contribution < -0.4 is 5.32 Å². The molecule has 23 heavy (non-hydrogen) atoms. The summed E-state index contributed by atoms with van der Waals surface area (Å²) in [7, 11) is 0. The van der Waals surface area contributed by atoms with Gasteiger partial charge in [0.1, 0.15) is 5.82 Å². The lowest BCUT2D eigenvalue weighted by molar-refractivity contribution is -0.148. The highest BCUT2D eigenvalue weighted by atomic mass is 19.1. The molecule has 4 unspecified atom stereocenters. The molecule has 0 spiro atoms. The van der Waals surface area contributed by atoms with Crippen molar-refractivity contribution in [3.63, 3.8) is 0 Å². The van der Waals surface area contributed by atoms with Crippen LogP contribution in [-0.4, -0.2) is 17.0 Å². The van der Waals surface area contributed by atoms with Crippen molar-refractivity contribution in [3.05, 3.63) is 47.8 Å². The molecule has 4 atom stereocenters. The molecule has 2 aliphatic rings. The smallest absolute Gasteiger partial charge is 0.307 e. The first-order valence-electron chi connectivity index (χ1n) is 7.79. The normalized spacial score (nSPS) is 28.8. The second-order valence-corrected chi connectivity index (χ2v) is 6.96. The molecule has 2 bridgehead atoms. The number of carbonyl (C=O) groups excluding carboxylic acids is 1. The van der Waals surface area contributed by atoms with E-state index in [0.29, 0.717) is 0 Å². The second kappa shape index (κ2) is 5.48. The number of carboxylic acids is 1. The van der Waals surface area contributed by atoms with Gasteiger partial charge in [0.2, 0.25) is 5.91 Å². The fraction of sp³-hybridized carbons (Fsp3) is 0.444. The van der Waals surface area contributed by atoms with E-state index in [2.05, 4.69) is 5.32 Å². The van der Waals surface area contributed by atoms with Gasteiger partial charge in [0.15, 0.2) is 0 Å². The summed E-state index contributed by atoms with van der Waals surface area (Å²) in [5, 5.41) is 12.4. The van der Waals surface area contributed by atoms with Gasteiger partial charge in [0, 0.05) is 0 Å². The lowest BCUT2D eigenvalue weighted by Gasteiger charge is -2.31. The minimum atomic E-state index is -0.915. The number of carbonyl (C=O) groups is 2. The molecule has 1 saturated carbocycles. The Bertz CT molecular complexity index is 665. The molecule has 1 aromatic carbocycles. The molecule has 1 amide bonds. The van der Waals surface area contributed by atoms with Crippen LogP contribution in [-0.2, 0) is 15.1 Å². The van der Waals surface area contributed by atoms with Crippen LogP contribution in [0.15, 0.2) is 36.4 Å². The van der Waals surface area contributed by atoms with Crippen LogP contribution in [0, 0.1) is 29.5 Å². The summed E-state index contributed by atoms with van der Waals surface area (Å²) in [6.45, 7) is 3.66. The van der Waals surface area contributed by atoms with Gasteiger partial charge in [0.05, 0.1) is 17.4 Å². The molecule has 0 saturated heterocycles. The summed E-state index contributed by atoms with van der Waals surface area (Å²) in [5.74, 6) is -2.76. The van der Waals surface area contributed by atoms with Crippen LogP contribution in [0.1, 0.15) is 25.8 Å². The molecule has 5 heteroatoms. The largest absolute Gasteiger partial charge is 0.481 e. The number of carboxylic acid groups (broad SMARTS) is 1. The van der Waals surface area contributed by atoms with E-state index >= 15 is 0 Å². The number of allylic oxidation sites excluding steroid dienone is 2. The van der Waals surface area contributed by atoms with Gasteiger partial charge >= 0.3 is 5.97 Å². The fourth-order valence-corrected chi connectivity index (χ4v) is 3.85. The Morgan fingerprint density at radius 1 is 1.13 bits per heavy atom. The number of hydrogen-bond donors (Lipinski definition) is 2. The molecule has 1 aromatic rings. The molecule has 122 valence electrons. The number of fused-ring (bicyclic) bond motifs is 2. The number of benzene rings is 1. The first kappa shape index (κ1) is 15.7. The number of aliphatic carboxylic acids is 1. The van der Waals surface area contributed by atoms with Crippen LogP contribution in [0.5, 0.6) is 0 Å². The zero-order valence-corrected chi connectivity index (χ0v) is 13.1. The van der Waals surface area contributed by atoms with E-state index in [4.69, 9.17) is 0 Å². The highest BCUT2D eigenvalue weighted by Gasteiger charge is 2.52. The van der Waals surface area contributed by atoms with Gasteiger partial charge in [-0.2, -0.15) is 0 Å². The average molecular weight is 317 g/mol. The highest BCUT2D eigenvalue weighted by Crippen LogP contribution is 2.48. The highest BCUT2D eigenvalue weighted by molar-refractivity contribution is 5.87. The Balaban J connectivity index is 1.79. The second-order valence-electron chi connectivity index (χ2n) is 6.96. The molecule has 2 aliphatic carbocycles. The summed E-state index contributed by atoms with van der Waals surface area (Å²) in [4.78, 5) is 24.2. The van der Waals surface area contributed by atoms with E-state index in [1.54, 1.807) is 12.1 Å². The Labute approximate surface area is 134 Å². The van der Waals surface area contributed by atoms with Crippen molar-refractivity contribution in [3.8, 4) is 0 Å². The SMILES string of the molecule is CC(C)(NC(=O)C1C2C=CC(C2)C1C(=O)O)c1ccc(F)cc1. The van der Waals surface area contributed by atoms with Crippen LogP contribution in [0.4, 0.5) is 4.39 Å². The standard InChI is InChI=1S/C18H20FNO3/c1-18(2,12-5-7-13(19)8-6-12)20-16(21)14-10-3-4-11(9-10)15(14)17(22)23/h3-8,10-11,14-15H,9H2,1-2H3,(H,20,21)(H,22,23). The summed E-state index contributed by atoms with van der Waals surface area (Å²) >= 11 is 0. The third kappa shape index (κ3) is 2.76. The van der Waals surface area contributed by atoms with Gasteiger partial charge in [-0.15, -0.1) is 0 Å². The summed E-state index contributed by atoms with van der Waals surface area (Å²) in [6.07, 6.45) is 4.60. The number of amides is 1. The van der Waals surface area contributed by atoms with E-state index < -0.39 is 23.3 Å². The Morgan fingerprint density at radius 2 is 1.70 bits per heavy atom. The maximum atomic E-state index is 13.1. The van der Waals surface area contributed by atoms with Crippen LogP contribution in [0.3, 0.4) is 0 Å². The topological polar surface area (TPSA) is 66.4 Å². The van der Waals surface area contributed by atoms with Crippen molar-refractivity contribution in [1.29, 1.82) is 0 Å². The molecule has 2 N–H and O–H groups in total. The predicted octanol–water partition coefficient (Wildman–Crippen LogP) is 2.70. The monoisotopic (exact) mass is 317 g/mol. The van der Waals surface area contributed by atoms with E-state index in [-0.39, 0.29) is 23.6 Å². The summed E-state index contributed by atoms with van der Waals surface area (Å²) in [6, 6.07) is 5.96. The predicted molar refractivity (Wildman–Crippen MR) is 82.9 cm³/mol. The molecule has 0 aromatic heterocycles. The first-order chi connectivity index (χ1) is 10.8. The molecule has 0 aliphatic heterocycles. The molecule has 1 fully saturated rings. The minimum Gasteiger partial charge on any atom is -0.481 e. The van der Waals surface area contributed by atoms with Crippen molar-refractivity contribution in [2.24, 2.45) is 23.7 Å². The third-order valence-corrected chi connectivity index (χ3v) is 5.05. The Morgan fingerprint density at radius 3 is 2.26 bits per heavy atom. The molecule has 0 radical (unpaired) electrons. The fourth-order valence-electron chi connectivity index (χ4n) is 3.85. The molecule has 0 heterocycles. The number of hydrogen-bond acceptors (Lipinski definition) is 2. The van der Waals surface area contributed by atoms with Gasteiger partial charge in [-0.1, -0.05) is 24.3 Å². The number of nitrogens with one attached hydrogen (secondary N) is 1. The maximum absolute atomic E-state index is 13.1. The van der Waals surface area contributed by atoms with Crippen molar-refractivity contribution < 1.29 is 19.1 Å². The molecule has 4 nitrogen and oxygen atoms in total. The lowest BCUT2D eigenvalue weighted by atomic mass is 9.81. The van der Waals surface area contributed by atoms with Crippen LogP contribution in [0.2, 0.25) is 0 Å². The Kier molecular flexibility index (Phi) is 3.74. The molecule has 3 rings (SSSR count). The van der Waals surface area contributed by atoms with E-state index in [1.807, 2.05) is 26.0 Å². The van der Waals surface area contributed by atoms with E-state index in [9.17, 15) is 19.1 Å². The third-order valence-electron chi connectivity index (χ3n) is 5.05. The number of rotatable bonds is 4. The van der Waals surface area contributed by atoms with Gasteiger partial charge in [0.25, 0.3) is 0 Å². The zero-order chi connectivity index (χ0) is 16.8. The Hall–Kier alpha value is -2.17. The summed E-state index contributed by atoms with van der Waals surface area (Å²) in [5.41, 5.74) is 0.0807. The van der Waals surface area contributed by atoms with Crippen molar-refractivity contribution >= 4 is 11.9 Å². The van der Waals surface area contributed by atoms with E-state index in [0.717, 1.165) is 12.0 Å². The van der Waals surface area contributed by atoms with E-state index in [1.165, 1.54) is 12.1 Å². The van der Waals surface area contributed by atoms with Gasteiger partial charge in [-0.3, -0.25) is 9.59 Å². The average Bonchev–Trinajstić information content (AvgIpc) is 3.07. The maximum Gasteiger partial charge on any atom is 0.307 e. The van der Waals surface area contributed by atoms with Crippen molar-refractivity contribution in [2.75, 3.05) is 0 Å². The van der Waals surface area contributed by atoms with Crippen molar-refractivity contribution in [1.82, 2.24) is 5.32 Å². The van der Waals surface area contributed by atoms with Gasteiger partial charge in [-0.25, -0.2) is 4.39 Å².